The summed E-state index contributed by atoms with van der Waals surface area (Å²) in [7, 11) is 0. The summed E-state index contributed by atoms with van der Waals surface area (Å²) in [5.74, 6) is -0.431. The number of nitrogens with zero attached hydrogens (tertiary/aromatic N) is 3. The van der Waals surface area contributed by atoms with Crippen molar-refractivity contribution in [1.29, 1.82) is 0 Å². The van der Waals surface area contributed by atoms with Crippen LogP contribution in [-0.4, -0.2) is 12.6 Å². The Morgan fingerprint density at radius 3 is 3.06 bits per heavy atom. The van der Waals surface area contributed by atoms with Crippen molar-refractivity contribution >= 4 is 33.7 Å². The second-order valence-corrected chi connectivity index (χ2v) is 3.89. The van der Waals surface area contributed by atoms with Crippen LogP contribution in [0.5, 0.6) is 0 Å². The molecule has 1 aromatic carbocycles. The van der Waals surface area contributed by atoms with E-state index in [4.69, 9.17) is 10.3 Å². The van der Waals surface area contributed by atoms with Gasteiger partial charge in [0.05, 0.1) is 6.61 Å². The van der Waals surface area contributed by atoms with Crippen LogP contribution in [0.3, 0.4) is 0 Å². The van der Waals surface area contributed by atoms with Gasteiger partial charge in [-0.2, -0.15) is 0 Å². The summed E-state index contributed by atoms with van der Waals surface area (Å²) in [5.41, 5.74) is 9.50. The number of carbonyl (C=O) groups excluding carboxylic acids is 1. The highest BCUT2D eigenvalue weighted by Gasteiger charge is 2.00. The van der Waals surface area contributed by atoms with Gasteiger partial charge in [-0.25, -0.2) is 4.79 Å². The van der Waals surface area contributed by atoms with Crippen LogP contribution >= 0.6 is 15.9 Å². The minimum Gasteiger partial charge on any atom is -0.463 e. The van der Waals surface area contributed by atoms with Gasteiger partial charge in [0.25, 0.3) is 0 Å². The van der Waals surface area contributed by atoms with E-state index in [1.807, 2.05) is 0 Å². The number of azide groups is 1. The van der Waals surface area contributed by atoms with Gasteiger partial charge < -0.3 is 4.74 Å². The zero-order chi connectivity index (χ0) is 12.7. The van der Waals surface area contributed by atoms with Crippen molar-refractivity contribution in [1.82, 2.24) is 0 Å². The van der Waals surface area contributed by atoms with Gasteiger partial charge in [-0.1, -0.05) is 27.1 Å². The summed E-state index contributed by atoms with van der Waals surface area (Å²) in [4.78, 5) is 13.9. The fraction of sp³-hybridized carbons (Fsp3) is 0.182. The lowest BCUT2D eigenvalue weighted by Crippen LogP contribution is -1.98. The second kappa shape index (κ2) is 6.73. The van der Waals surface area contributed by atoms with Gasteiger partial charge in [0.15, 0.2) is 0 Å². The van der Waals surface area contributed by atoms with E-state index < -0.39 is 5.97 Å². The Labute approximate surface area is 107 Å². The highest BCUT2D eigenvalue weighted by molar-refractivity contribution is 9.10. The Kier molecular flexibility index (Phi) is 5.26. The minimum absolute atomic E-state index is 0.324. The Morgan fingerprint density at radius 1 is 1.65 bits per heavy atom. The molecule has 0 unspecified atom stereocenters. The summed E-state index contributed by atoms with van der Waals surface area (Å²) >= 11 is 3.30. The Morgan fingerprint density at radius 2 is 2.41 bits per heavy atom. The van der Waals surface area contributed by atoms with E-state index >= 15 is 0 Å². The normalized spacial score (nSPS) is 10.0. The molecule has 5 nitrogen and oxygen atoms in total. The van der Waals surface area contributed by atoms with Crippen molar-refractivity contribution in [2.75, 3.05) is 6.61 Å². The van der Waals surface area contributed by atoms with Gasteiger partial charge in [0.2, 0.25) is 0 Å². The standard InChI is InChI=1S/C11H10BrN3O2/c1-2-17-11(16)6-3-8-7-9(12)4-5-10(8)14-15-13/h3-7H,2H2,1H3. The predicted octanol–water partition coefficient (Wildman–Crippen LogP) is 3.97. The molecule has 1 aromatic rings. The molecule has 0 heterocycles. The van der Waals surface area contributed by atoms with Gasteiger partial charge >= 0.3 is 5.97 Å². The monoisotopic (exact) mass is 295 g/mol. The predicted molar refractivity (Wildman–Crippen MR) is 68.6 cm³/mol. The highest BCUT2D eigenvalue weighted by Crippen LogP contribution is 2.25. The van der Waals surface area contributed by atoms with E-state index in [9.17, 15) is 4.79 Å². The van der Waals surface area contributed by atoms with E-state index in [0.717, 1.165) is 4.47 Å². The van der Waals surface area contributed by atoms with Gasteiger partial charge in [-0.3, -0.25) is 0 Å². The van der Waals surface area contributed by atoms with Crippen molar-refractivity contribution in [3.8, 4) is 0 Å². The molecule has 6 heteroatoms. The van der Waals surface area contributed by atoms with Crippen molar-refractivity contribution < 1.29 is 9.53 Å². The largest absolute Gasteiger partial charge is 0.463 e. The van der Waals surface area contributed by atoms with Crippen LogP contribution in [0.1, 0.15) is 12.5 Å². The molecule has 0 saturated heterocycles. The van der Waals surface area contributed by atoms with E-state index in [1.54, 1.807) is 31.2 Å². The highest BCUT2D eigenvalue weighted by atomic mass is 79.9. The lowest BCUT2D eigenvalue weighted by Gasteiger charge is -2.00. The molecule has 0 bridgehead atoms. The van der Waals surface area contributed by atoms with Crippen LogP contribution in [0.25, 0.3) is 16.5 Å². The zero-order valence-corrected chi connectivity index (χ0v) is 10.7. The number of carbonyl (C=O) groups is 1. The fourth-order valence-corrected chi connectivity index (χ4v) is 1.53. The maximum atomic E-state index is 11.1. The molecule has 0 amide bonds. The zero-order valence-electron chi connectivity index (χ0n) is 9.13. The van der Waals surface area contributed by atoms with Crippen LogP contribution in [0.15, 0.2) is 33.9 Å². The third-order valence-electron chi connectivity index (χ3n) is 1.83. The van der Waals surface area contributed by atoms with E-state index in [-0.39, 0.29) is 0 Å². The van der Waals surface area contributed by atoms with Crippen LogP contribution in [0.2, 0.25) is 0 Å². The minimum atomic E-state index is -0.431. The number of esters is 1. The smallest absolute Gasteiger partial charge is 0.330 e. The molecule has 0 aliphatic carbocycles. The lowest BCUT2D eigenvalue weighted by atomic mass is 10.1. The molecule has 88 valence electrons. The molecule has 0 atom stereocenters. The SMILES string of the molecule is CCOC(=O)C=Cc1cc(Br)ccc1N=[N+]=[N-]. The molecule has 0 saturated carbocycles. The molecule has 0 aliphatic rings. The van der Waals surface area contributed by atoms with E-state index in [1.165, 1.54) is 6.08 Å². The van der Waals surface area contributed by atoms with Crippen molar-refractivity contribution in [2.45, 2.75) is 6.92 Å². The molecule has 1 rings (SSSR count). The number of hydrogen-bond donors (Lipinski definition) is 0. The van der Waals surface area contributed by atoms with E-state index in [0.29, 0.717) is 17.9 Å². The summed E-state index contributed by atoms with van der Waals surface area (Å²) in [6, 6.07) is 5.17. The van der Waals surface area contributed by atoms with Crippen molar-refractivity contribution in [3.63, 3.8) is 0 Å². The summed E-state index contributed by atoms with van der Waals surface area (Å²) < 4.78 is 5.58. The molecule has 0 fully saturated rings. The van der Waals surface area contributed by atoms with Gasteiger partial charge in [0, 0.05) is 21.1 Å². The summed E-state index contributed by atoms with van der Waals surface area (Å²) in [6.45, 7) is 2.06. The van der Waals surface area contributed by atoms with Gasteiger partial charge in [-0.15, -0.1) is 0 Å². The number of hydrogen-bond acceptors (Lipinski definition) is 3. The Bertz CT molecular complexity index is 493. The van der Waals surface area contributed by atoms with Crippen LogP contribution < -0.4 is 0 Å². The molecule has 17 heavy (non-hydrogen) atoms. The first-order valence-electron chi connectivity index (χ1n) is 4.87. The Hall–Kier alpha value is -1.78. The maximum absolute atomic E-state index is 11.1. The topological polar surface area (TPSA) is 75.1 Å². The molecular formula is C11H10BrN3O2. The molecule has 0 N–H and O–H groups in total. The molecule has 0 aliphatic heterocycles. The molecule has 0 radical (unpaired) electrons. The molecular weight excluding hydrogens is 286 g/mol. The number of benzene rings is 1. The molecule has 0 spiro atoms. The van der Waals surface area contributed by atoms with Crippen LogP contribution in [0, 0.1) is 0 Å². The van der Waals surface area contributed by atoms with Gasteiger partial charge in [-0.05, 0) is 36.2 Å². The third-order valence-corrected chi connectivity index (χ3v) is 2.32. The quantitative estimate of drug-likeness (QED) is 0.277. The van der Waals surface area contributed by atoms with Gasteiger partial charge in [0.1, 0.15) is 0 Å². The fourth-order valence-electron chi connectivity index (χ4n) is 1.15. The van der Waals surface area contributed by atoms with Crippen molar-refractivity contribution in [2.24, 2.45) is 5.11 Å². The second-order valence-electron chi connectivity index (χ2n) is 2.98. The molecule has 0 aromatic heterocycles. The lowest BCUT2D eigenvalue weighted by molar-refractivity contribution is -0.137. The third kappa shape index (κ3) is 4.30. The average molecular weight is 296 g/mol. The van der Waals surface area contributed by atoms with Crippen LogP contribution in [-0.2, 0) is 9.53 Å². The summed E-state index contributed by atoms with van der Waals surface area (Å²) in [6.07, 6.45) is 2.84. The van der Waals surface area contributed by atoms with Crippen LogP contribution in [0.4, 0.5) is 5.69 Å². The number of halogens is 1. The summed E-state index contributed by atoms with van der Waals surface area (Å²) in [5, 5.41) is 3.53. The number of rotatable bonds is 4. The maximum Gasteiger partial charge on any atom is 0.330 e. The first-order chi connectivity index (χ1) is 8.17. The van der Waals surface area contributed by atoms with Crippen molar-refractivity contribution in [3.05, 3.63) is 44.8 Å². The van der Waals surface area contributed by atoms with E-state index in [2.05, 4.69) is 26.0 Å². The Balaban J connectivity index is 2.99. The first kappa shape index (κ1) is 13.3. The first-order valence-corrected chi connectivity index (χ1v) is 5.66. The average Bonchev–Trinajstić information content (AvgIpc) is 2.30. The number of ether oxygens (including phenoxy) is 1.